The number of pyridine rings is 1. The maximum atomic E-state index is 6.03. The molecule has 0 bridgehead atoms. The number of para-hydroxylation sites is 2. The molecule has 1 fully saturated rings. The number of nitrogens with zero attached hydrogens (tertiary/aromatic N) is 3. The molecule has 0 amide bonds. The highest BCUT2D eigenvalue weighted by Crippen LogP contribution is 2.26. The predicted molar refractivity (Wildman–Crippen MR) is 142 cm³/mol. The normalized spacial score (nSPS) is 15.5. The minimum atomic E-state index is -0.0683. The van der Waals surface area contributed by atoms with Gasteiger partial charge in [-0.25, -0.2) is 9.98 Å². The molecule has 0 radical (unpaired) electrons. The van der Waals surface area contributed by atoms with E-state index in [-0.39, 0.29) is 30.1 Å². The molecular formula is C24H36IN5O2. The lowest BCUT2D eigenvalue weighted by atomic mass is 10.1. The van der Waals surface area contributed by atoms with Crippen LogP contribution in [0.1, 0.15) is 32.3 Å². The summed E-state index contributed by atoms with van der Waals surface area (Å²) in [6, 6.07) is 12.3. The molecule has 1 aliphatic rings. The number of guanidine groups is 1. The molecule has 2 N–H and O–H groups in total. The van der Waals surface area contributed by atoms with Gasteiger partial charge in [0.1, 0.15) is 11.9 Å². The molecule has 32 heavy (non-hydrogen) atoms. The summed E-state index contributed by atoms with van der Waals surface area (Å²) in [5, 5.41) is 6.94. The first kappa shape index (κ1) is 26.0. The minimum Gasteiger partial charge on any atom is -0.493 e. The molecule has 2 aromatic rings. The highest BCUT2D eigenvalue weighted by molar-refractivity contribution is 14.0. The number of aliphatic imine (C=N–C) groups is 1. The van der Waals surface area contributed by atoms with E-state index in [1.165, 1.54) is 5.56 Å². The van der Waals surface area contributed by atoms with E-state index in [9.17, 15) is 0 Å². The van der Waals surface area contributed by atoms with Gasteiger partial charge in [-0.3, -0.25) is 0 Å². The van der Waals surface area contributed by atoms with Gasteiger partial charge in [-0.05, 0) is 57.4 Å². The van der Waals surface area contributed by atoms with Crippen LogP contribution in [0.3, 0.4) is 0 Å². The smallest absolute Gasteiger partial charge is 0.191 e. The van der Waals surface area contributed by atoms with Gasteiger partial charge < -0.3 is 25.0 Å². The van der Waals surface area contributed by atoms with Crippen molar-refractivity contribution in [3.05, 3.63) is 48.2 Å². The molecule has 1 aromatic heterocycles. The largest absolute Gasteiger partial charge is 0.493 e. The van der Waals surface area contributed by atoms with Crippen LogP contribution in [-0.4, -0.2) is 56.4 Å². The molecule has 3 rings (SSSR count). The van der Waals surface area contributed by atoms with Crippen LogP contribution >= 0.6 is 24.0 Å². The molecule has 1 aliphatic heterocycles. The summed E-state index contributed by atoms with van der Waals surface area (Å²) >= 11 is 0. The van der Waals surface area contributed by atoms with Crippen LogP contribution in [0.25, 0.3) is 0 Å². The molecule has 7 nitrogen and oxygen atoms in total. The second kappa shape index (κ2) is 13.3. The van der Waals surface area contributed by atoms with Crippen molar-refractivity contribution < 1.29 is 9.47 Å². The zero-order valence-corrected chi connectivity index (χ0v) is 21.8. The van der Waals surface area contributed by atoms with Gasteiger partial charge in [-0.2, -0.15) is 0 Å². The van der Waals surface area contributed by atoms with Crippen LogP contribution in [0.5, 0.6) is 11.5 Å². The molecular weight excluding hydrogens is 517 g/mol. The zero-order chi connectivity index (χ0) is 22.1. The van der Waals surface area contributed by atoms with E-state index in [2.05, 4.69) is 46.5 Å². The molecule has 0 spiro atoms. The number of rotatable bonds is 8. The third kappa shape index (κ3) is 7.72. The number of methoxy groups -OCH3 is 1. The summed E-state index contributed by atoms with van der Waals surface area (Å²) in [6.07, 6.45) is 3.96. The van der Waals surface area contributed by atoms with Crippen molar-refractivity contribution in [3.8, 4) is 11.5 Å². The number of anilines is 1. The van der Waals surface area contributed by atoms with Crippen molar-refractivity contribution in [2.24, 2.45) is 4.99 Å². The highest BCUT2D eigenvalue weighted by atomic mass is 127. The van der Waals surface area contributed by atoms with Crippen LogP contribution in [0.4, 0.5) is 5.82 Å². The standard InChI is InChI=1S/C24H35N5O2.HI/c1-5-25-24(27-17-19(3)31-22-9-7-6-8-21(22)30-4)28-20-12-14-29(15-13-20)23-11-10-18(2)16-26-23;/h6-11,16,19-20H,5,12-15,17H2,1-4H3,(H2,25,27,28);1H. The Bertz CT molecular complexity index is 839. The second-order valence-electron chi connectivity index (χ2n) is 7.90. The summed E-state index contributed by atoms with van der Waals surface area (Å²) in [5.74, 6) is 3.37. The third-order valence-corrected chi connectivity index (χ3v) is 5.30. The van der Waals surface area contributed by atoms with Gasteiger partial charge in [0.25, 0.3) is 0 Å². The fourth-order valence-electron chi connectivity index (χ4n) is 3.60. The Kier molecular flexibility index (Phi) is 10.9. The number of benzene rings is 1. The maximum Gasteiger partial charge on any atom is 0.191 e. The SMILES string of the molecule is CCNC(=NCC(C)Oc1ccccc1OC)NC1CCN(c2ccc(C)cn2)CC1.I. The Hall–Kier alpha value is -2.23. The third-order valence-electron chi connectivity index (χ3n) is 5.30. The van der Waals surface area contributed by atoms with E-state index in [0.717, 1.165) is 55.8 Å². The number of nitrogens with one attached hydrogen (secondary N) is 2. The van der Waals surface area contributed by atoms with Crippen LogP contribution in [-0.2, 0) is 0 Å². The Labute approximate surface area is 209 Å². The van der Waals surface area contributed by atoms with Gasteiger partial charge in [-0.15, -0.1) is 24.0 Å². The van der Waals surface area contributed by atoms with Crippen LogP contribution in [0, 0.1) is 6.92 Å². The fourth-order valence-corrected chi connectivity index (χ4v) is 3.60. The van der Waals surface area contributed by atoms with E-state index in [1.54, 1.807) is 7.11 Å². The first-order valence-electron chi connectivity index (χ1n) is 11.1. The van der Waals surface area contributed by atoms with Crippen LogP contribution < -0.4 is 25.0 Å². The van der Waals surface area contributed by atoms with E-state index in [1.807, 2.05) is 37.4 Å². The predicted octanol–water partition coefficient (Wildman–Crippen LogP) is 4.01. The molecule has 0 aliphatic carbocycles. The molecule has 1 unspecified atom stereocenters. The zero-order valence-electron chi connectivity index (χ0n) is 19.5. The lowest BCUT2D eigenvalue weighted by Gasteiger charge is -2.34. The van der Waals surface area contributed by atoms with Crippen molar-refractivity contribution in [2.75, 3.05) is 38.2 Å². The number of hydrogen-bond donors (Lipinski definition) is 2. The molecule has 8 heteroatoms. The topological polar surface area (TPSA) is 71.0 Å². The van der Waals surface area contributed by atoms with E-state index in [0.29, 0.717) is 12.6 Å². The van der Waals surface area contributed by atoms with E-state index in [4.69, 9.17) is 14.5 Å². The van der Waals surface area contributed by atoms with Crippen molar-refractivity contribution in [1.29, 1.82) is 0 Å². The minimum absolute atomic E-state index is 0. The first-order chi connectivity index (χ1) is 15.1. The van der Waals surface area contributed by atoms with Gasteiger partial charge in [-0.1, -0.05) is 18.2 Å². The number of halogens is 1. The van der Waals surface area contributed by atoms with Crippen molar-refractivity contribution in [1.82, 2.24) is 15.6 Å². The second-order valence-corrected chi connectivity index (χ2v) is 7.90. The average molecular weight is 553 g/mol. The lowest BCUT2D eigenvalue weighted by molar-refractivity contribution is 0.219. The monoisotopic (exact) mass is 553 g/mol. The number of aryl methyl sites for hydroxylation is 1. The molecule has 2 heterocycles. The molecule has 1 saturated heterocycles. The molecule has 176 valence electrons. The number of piperidine rings is 1. The highest BCUT2D eigenvalue weighted by Gasteiger charge is 2.21. The summed E-state index contributed by atoms with van der Waals surface area (Å²) in [7, 11) is 1.65. The van der Waals surface area contributed by atoms with Crippen molar-refractivity contribution >= 4 is 35.8 Å². The fraction of sp³-hybridized carbons (Fsp3) is 0.500. The van der Waals surface area contributed by atoms with Gasteiger partial charge in [0.15, 0.2) is 17.5 Å². The summed E-state index contributed by atoms with van der Waals surface area (Å²) in [5.41, 5.74) is 1.19. The van der Waals surface area contributed by atoms with E-state index < -0.39 is 0 Å². The summed E-state index contributed by atoms with van der Waals surface area (Å²) in [6.45, 7) is 9.51. The number of hydrogen-bond acceptors (Lipinski definition) is 5. The molecule has 1 atom stereocenters. The van der Waals surface area contributed by atoms with Crippen LogP contribution in [0.2, 0.25) is 0 Å². The molecule has 0 saturated carbocycles. The van der Waals surface area contributed by atoms with Gasteiger partial charge in [0, 0.05) is 31.9 Å². The van der Waals surface area contributed by atoms with Gasteiger partial charge in [0.2, 0.25) is 0 Å². The summed E-state index contributed by atoms with van der Waals surface area (Å²) in [4.78, 5) is 11.7. The summed E-state index contributed by atoms with van der Waals surface area (Å²) < 4.78 is 11.4. The van der Waals surface area contributed by atoms with E-state index >= 15 is 0 Å². The van der Waals surface area contributed by atoms with Gasteiger partial charge >= 0.3 is 0 Å². The Morgan fingerprint density at radius 1 is 1.19 bits per heavy atom. The Balaban J connectivity index is 0.00000363. The Morgan fingerprint density at radius 3 is 2.53 bits per heavy atom. The quantitative estimate of drug-likeness (QED) is 0.293. The molecule has 1 aromatic carbocycles. The first-order valence-corrected chi connectivity index (χ1v) is 11.1. The lowest BCUT2D eigenvalue weighted by Crippen LogP contribution is -2.49. The van der Waals surface area contributed by atoms with Crippen LogP contribution in [0.15, 0.2) is 47.6 Å². The number of ether oxygens (including phenoxy) is 2. The van der Waals surface area contributed by atoms with Crippen molar-refractivity contribution in [3.63, 3.8) is 0 Å². The average Bonchev–Trinajstić information content (AvgIpc) is 2.79. The van der Waals surface area contributed by atoms with Crippen molar-refractivity contribution in [2.45, 2.75) is 45.8 Å². The maximum absolute atomic E-state index is 6.03. The van der Waals surface area contributed by atoms with Gasteiger partial charge in [0.05, 0.1) is 13.7 Å². The Morgan fingerprint density at radius 2 is 1.91 bits per heavy atom. The number of aromatic nitrogens is 1.